The van der Waals surface area contributed by atoms with Crippen LogP contribution < -0.4 is 0 Å². The molecule has 0 heterocycles. The topological polar surface area (TPSA) is 50.1 Å². The third kappa shape index (κ3) is 4.99. The van der Waals surface area contributed by atoms with Gasteiger partial charge in [-0.1, -0.05) is 29.8 Å². The number of carbonyl (C=O) groups is 1. The van der Waals surface area contributed by atoms with Crippen LogP contribution in [-0.4, -0.2) is 23.7 Å². The molecule has 0 bridgehead atoms. The highest BCUT2D eigenvalue weighted by atomic mass is 35.5. The zero-order valence-corrected chi connectivity index (χ0v) is 11.6. The number of nitrogens with zero attached hydrogens (tertiary/aromatic N) is 1. The van der Waals surface area contributed by atoms with E-state index in [1.54, 1.807) is 0 Å². The molecule has 3 nitrogen and oxygen atoms in total. The first-order chi connectivity index (χ1) is 8.67. The number of thiocyanates is 1. The average Bonchev–Trinajstić information content (AvgIpc) is 2.35. The van der Waals surface area contributed by atoms with Gasteiger partial charge < -0.3 is 4.74 Å². The van der Waals surface area contributed by atoms with Gasteiger partial charge in [-0.2, -0.15) is 5.26 Å². The summed E-state index contributed by atoms with van der Waals surface area (Å²) in [4.78, 5) is 11.7. The monoisotopic (exact) mass is 283 g/mol. The fourth-order valence-electron chi connectivity index (χ4n) is 1.52. The van der Waals surface area contributed by atoms with Crippen LogP contribution in [0, 0.1) is 17.6 Å². The number of alkyl halides is 1. The summed E-state index contributed by atoms with van der Waals surface area (Å²) in [6, 6.07) is 7.86. The SMILES string of the molecule is Cc1cccc(C[C@H](SC#N)C(=O)OCCCl)c1. The summed E-state index contributed by atoms with van der Waals surface area (Å²) in [6.07, 6.45) is 0.487. The summed E-state index contributed by atoms with van der Waals surface area (Å²) in [5.41, 5.74) is 2.15. The molecule has 0 spiro atoms. The van der Waals surface area contributed by atoms with Gasteiger partial charge in [0.15, 0.2) is 0 Å². The fraction of sp³-hybridized carbons (Fsp3) is 0.385. The maximum atomic E-state index is 11.7. The summed E-state index contributed by atoms with van der Waals surface area (Å²) in [6.45, 7) is 2.17. The zero-order valence-electron chi connectivity index (χ0n) is 10.1. The molecule has 96 valence electrons. The minimum absolute atomic E-state index is 0.177. The van der Waals surface area contributed by atoms with Gasteiger partial charge in [0.2, 0.25) is 0 Å². The van der Waals surface area contributed by atoms with E-state index in [1.165, 1.54) is 0 Å². The number of rotatable bonds is 6. The molecule has 0 aliphatic rings. The lowest BCUT2D eigenvalue weighted by Crippen LogP contribution is -2.23. The quantitative estimate of drug-likeness (QED) is 0.458. The van der Waals surface area contributed by atoms with E-state index in [2.05, 4.69) is 0 Å². The molecule has 1 aromatic carbocycles. The minimum Gasteiger partial charge on any atom is -0.464 e. The molecule has 0 aliphatic carbocycles. The van der Waals surface area contributed by atoms with E-state index >= 15 is 0 Å². The third-order valence-electron chi connectivity index (χ3n) is 2.28. The Labute approximate surface area is 116 Å². The van der Waals surface area contributed by atoms with Gasteiger partial charge >= 0.3 is 5.97 Å². The number of hydrogen-bond acceptors (Lipinski definition) is 4. The van der Waals surface area contributed by atoms with Crippen molar-refractivity contribution in [2.24, 2.45) is 0 Å². The number of esters is 1. The van der Waals surface area contributed by atoms with Crippen LogP contribution in [0.25, 0.3) is 0 Å². The minimum atomic E-state index is -0.500. The van der Waals surface area contributed by atoms with E-state index < -0.39 is 5.25 Å². The first-order valence-corrected chi connectivity index (χ1v) is 6.91. The summed E-state index contributed by atoms with van der Waals surface area (Å²) in [7, 11) is 0. The lowest BCUT2D eigenvalue weighted by molar-refractivity contribution is -0.142. The molecule has 0 radical (unpaired) electrons. The molecule has 0 aliphatic heterocycles. The fourth-order valence-corrected chi connectivity index (χ4v) is 2.17. The van der Waals surface area contributed by atoms with E-state index in [9.17, 15) is 4.79 Å². The molecule has 0 amide bonds. The van der Waals surface area contributed by atoms with E-state index in [1.807, 2.05) is 36.6 Å². The van der Waals surface area contributed by atoms with Crippen LogP contribution in [0.3, 0.4) is 0 Å². The largest absolute Gasteiger partial charge is 0.464 e. The Kier molecular flexibility index (Phi) is 6.63. The standard InChI is InChI=1S/C13H14ClNO2S/c1-10-3-2-4-11(7-10)8-12(18-9-15)13(16)17-6-5-14/h2-4,7,12H,5-6,8H2,1H3/t12-/m0/s1. The van der Waals surface area contributed by atoms with Crippen molar-refractivity contribution in [2.75, 3.05) is 12.5 Å². The van der Waals surface area contributed by atoms with E-state index in [0.717, 1.165) is 22.9 Å². The van der Waals surface area contributed by atoms with Gasteiger partial charge in [-0.3, -0.25) is 4.79 Å². The van der Waals surface area contributed by atoms with Crippen molar-refractivity contribution in [1.29, 1.82) is 5.26 Å². The highest BCUT2D eigenvalue weighted by Gasteiger charge is 2.21. The van der Waals surface area contributed by atoms with Gasteiger partial charge in [-0.05, 0) is 30.7 Å². The van der Waals surface area contributed by atoms with Crippen LogP contribution in [0.5, 0.6) is 0 Å². The summed E-state index contributed by atoms with van der Waals surface area (Å²) >= 11 is 6.38. The maximum absolute atomic E-state index is 11.7. The second-order valence-corrected chi connectivity index (χ2v) is 5.11. The number of halogens is 1. The Bertz CT molecular complexity index is 445. The Balaban J connectivity index is 2.68. The lowest BCUT2D eigenvalue weighted by atomic mass is 10.1. The number of nitriles is 1. The van der Waals surface area contributed by atoms with Crippen molar-refractivity contribution in [2.45, 2.75) is 18.6 Å². The van der Waals surface area contributed by atoms with Gasteiger partial charge in [-0.25, -0.2) is 0 Å². The van der Waals surface area contributed by atoms with Gasteiger partial charge in [0.1, 0.15) is 17.3 Å². The second-order valence-electron chi connectivity index (χ2n) is 3.75. The molecule has 0 saturated heterocycles. The zero-order chi connectivity index (χ0) is 13.4. The Hall–Kier alpha value is -1.18. The normalized spacial score (nSPS) is 11.6. The molecule has 0 aromatic heterocycles. The molecule has 5 heteroatoms. The van der Waals surface area contributed by atoms with Crippen molar-refractivity contribution in [3.05, 3.63) is 35.4 Å². The smallest absolute Gasteiger partial charge is 0.320 e. The Morgan fingerprint density at radius 3 is 3.00 bits per heavy atom. The molecular weight excluding hydrogens is 270 g/mol. The van der Waals surface area contributed by atoms with Crippen molar-refractivity contribution in [3.63, 3.8) is 0 Å². The van der Waals surface area contributed by atoms with Crippen LogP contribution >= 0.6 is 23.4 Å². The number of aryl methyl sites for hydroxylation is 1. The van der Waals surface area contributed by atoms with Gasteiger partial charge in [0.05, 0.1) is 5.88 Å². The predicted octanol–water partition coefficient (Wildman–Crippen LogP) is 2.90. The van der Waals surface area contributed by atoms with E-state index in [4.69, 9.17) is 21.6 Å². The second kappa shape index (κ2) is 8.02. The number of thioether (sulfide) groups is 1. The van der Waals surface area contributed by atoms with Gasteiger partial charge in [-0.15, -0.1) is 11.6 Å². The maximum Gasteiger partial charge on any atom is 0.320 e. The number of hydrogen-bond donors (Lipinski definition) is 0. The van der Waals surface area contributed by atoms with Gasteiger partial charge in [0.25, 0.3) is 0 Å². The van der Waals surface area contributed by atoms with Gasteiger partial charge in [0, 0.05) is 0 Å². The predicted molar refractivity (Wildman–Crippen MR) is 73.6 cm³/mol. The average molecular weight is 284 g/mol. The van der Waals surface area contributed by atoms with Crippen LogP contribution in [0.1, 0.15) is 11.1 Å². The first-order valence-electron chi connectivity index (χ1n) is 5.50. The van der Waals surface area contributed by atoms with Crippen LogP contribution in [0.4, 0.5) is 0 Å². The van der Waals surface area contributed by atoms with Crippen molar-refractivity contribution >= 4 is 29.3 Å². The molecule has 1 aromatic rings. The molecule has 0 unspecified atom stereocenters. The molecule has 18 heavy (non-hydrogen) atoms. The Morgan fingerprint density at radius 2 is 2.39 bits per heavy atom. The van der Waals surface area contributed by atoms with E-state index in [0.29, 0.717) is 6.42 Å². The Morgan fingerprint density at radius 1 is 1.61 bits per heavy atom. The van der Waals surface area contributed by atoms with Crippen molar-refractivity contribution < 1.29 is 9.53 Å². The molecule has 1 atom stereocenters. The van der Waals surface area contributed by atoms with Crippen molar-refractivity contribution in [1.82, 2.24) is 0 Å². The van der Waals surface area contributed by atoms with Crippen LogP contribution in [0.15, 0.2) is 24.3 Å². The highest BCUT2D eigenvalue weighted by molar-refractivity contribution is 8.04. The molecular formula is C13H14ClNO2S. The molecule has 1 rings (SSSR count). The van der Waals surface area contributed by atoms with Crippen LogP contribution in [-0.2, 0) is 16.0 Å². The number of carbonyl (C=O) groups excluding carboxylic acids is 1. The summed E-state index contributed by atoms with van der Waals surface area (Å²) in [5, 5.41) is 10.2. The van der Waals surface area contributed by atoms with Crippen molar-refractivity contribution in [3.8, 4) is 5.40 Å². The number of ether oxygens (including phenoxy) is 1. The highest BCUT2D eigenvalue weighted by Crippen LogP contribution is 2.18. The van der Waals surface area contributed by atoms with E-state index in [-0.39, 0.29) is 18.5 Å². The first kappa shape index (κ1) is 14.9. The third-order valence-corrected chi connectivity index (χ3v) is 3.19. The molecule has 0 N–H and O–H groups in total. The lowest BCUT2D eigenvalue weighted by Gasteiger charge is -2.12. The molecule has 0 fully saturated rings. The number of benzene rings is 1. The summed E-state index contributed by atoms with van der Waals surface area (Å²) in [5.74, 6) is -0.121. The van der Waals surface area contributed by atoms with Crippen LogP contribution in [0.2, 0.25) is 0 Å². The summed E-state index contributed by atoms with van der Waals surface area (Å²) < 4.78 is 4.97. The molecule has 0 saturated carbocycles.